The van der Waals surface area contributed by atoms with E-state index in [1.807, 2.05) is 6.07 Å². The number of hydrogen-bond acceptors (Lipinski definition) is 3. The predicted octanol–water partition coefficient (Wildman–Crippen LogP) is 5.09. The van der Waals surface area contributed by atoms with E-state index in [-0.39, 0.29) is 17.9 Å². The molecule has 1 aromatic rings. The van der Waals surface area contributed by atoms with E-state index < -0.39 is 5.97 Å². The third-order valence-electron chi connectivity index (χ3n) is 4.12. The fraction of sp³-hybridized carbons (Fsp3) is 0.643. The van der Waals surface area contributed by atoms with Gasteiger partial charge in [0.15, 0.2) is 0 Å². The number of carboxylic acids is 1. The monoisotopic (exact) mass is 423 g/mol. The van der Waals surface area contributed by atoms with Gasteiger partial charge in [0.1, 0.15) is 0 Å². The molecule has 1 unspecified atom stereocenters. The maximum absolute atomic E-state index is 11.2. The van der Waals surface area contributed by atoms with Crippen LogP contribution in [0.15, 0.2) is 14.3 Å². The topological polar surface area (TPSA) is 63.3 Å². The van der Waals surface area contributed by atoms with Crippen LogP contribution in [-0.4, -0.2) is 11.1 Å². The molecule has 1 atom stereocenters. The van der Waals surface area contributed by atoms with Gasteiger partial charge in [-0.05, 0) is 62.6 Å². The van der Waals surface area contributed by atoms with Crippen LogP contribution in [0.3, 0.4) is 0 Å². The maximum atomic E-state index is 11.2. The van der Waals surface area contributed by atoms with Crippen molar-refractivity contribution >= 4 is 49.2 Å². The van der Waals surface area contributed by atoms with Crippen LogP contribution in [0.25, 0.3) is 0 Å². The summed E-state index contributed by atoms with van der Waals surface area (Å²) in [6.45, 7) is 0. The number of thiophene rings is 1. The summed E-state index contributed by atoms with van der Waals surface area (Å²) in [6.07, 6.45) is 6.44. The second-order valence-corrected chi connectivity index (χ2v) is 8.97. The molecule has 0 bridgehead atoms. The molecule has 2 rings (SSSR count). The molecule has 3 N–H and O–H groups in total. The molecule has 1 heterocycles. The van der Waals surface area contributed by atoms with E-state index in [9.17, 15) is 9.90 Å². The number of hydrogen-bond donors (Lipinski definition) is 2. The highest BCUT2D eigenvalue weighted by atomic mass is 79.9. The predicted molar refractivity (Wildman–Crippen MR) is 89.0 cm³/mol. The lowest BCUT2D eigenvalue weighted by Gasteiger charge is -2.38. The fourth-order valence-corrected chi connectivity index (χ4v) is 5.28. The van der Waals surface area contributed by atoms with Crippen LogP contribution in [0.2, 0.25) is 0 Å². The van der Waals surface area contributed by atoms with Crippen molar-refractivity contribution in [1.29, 1.82) is 0 Å². The van der Waals surface area contributed by atoms with Gasteiger partial charge in [-0.3, -0.25) is 4.79 Å². The van der Waals surface area contributed by atoms with E-state index in [4.69, 9.17) is 5.73 Å². The van der Waals surface area contributed by atoms with Crippen molar-refractivity contribution in [3.05, 3.63) is 19.2 Å². The Balaban J connectivity index is 2.12. The van der Waals surface area contributed by atoms with Crippen LogP contribution < -0.4 is 5.73 Å². The first-order valence-corrected chi connectivity index (χ1v) is 9.24. The Morgan fingerprint density at radius 1 is 1.40 bits per heavy atom. The Bertz CT molecular complexity index is 464. The molecule has 0 aromatic carbocycles. The smallest absolute Gasteiger partial charge is 0.303 e. The Morgan fingerprint density at radius 2 is 2.05 bits per heavy atom. The summed E-state index contributed by atoms with van der Waals surface area (Å²) in [5.74, 6) is -0.701. The second-order valence-electron chi connectivity index (χ2n) is 5.71. The summed E-state index contributed by atoms with van der Waals surface area (Å²) in [7, 11) is 0. The highest BCUT2D eigenvalue weighted by Gasteiger charge is 2.36. The van der Waals surface area contributed by atoms with Crippen molar-refractivity contribution in [2.24, 2.45) is 11.1 Å². The standard InChI is InChI=1S/C14H19Br2NO2S/c15-9-6-11(20-13(9)16)10(17)7-14(8-12(18)19)4-2-1-3-5-14/h6,10H,1-5,7-8,17H2,(H,18,19). The summed E-state index contributed by atoms with van der Waals surface area (Å²) in [6, 6.07) is 1.96. The van der Waals surface area contributed by atoms with E-state index in [1.165, 1.54) is 6.42 Å². The van der Waals surface area contributed by atoms with Crippen molar-refractivity contribution in [2.75, 3.05) is 0 Å². The molecule has 1 aliphatic rings. The Hall–Kier alpha value is 0.0900. The quantitative estimate of drug-likeness (QED) is 0.691. The van der Waals surface area contributed by atoms with Crippen LogP contribution in [0.4, 0.5) is 0 Å². The maximum Gasteiger partial charge on any atom is 0.303 e. The van der Waals surface area contributed by atoms with Gasteiger partial charge in [-0.1, -0.05) is 19.3 Å². The van der Waals surface area contributed by atoms with Gasteiger partial charge in [0.25, 0.3) is 0 Å². The average molecular weight is 425 g/mol. The van der Waals surface area contributed by atoms with E-state index >= 15 is 0 Å². The Labute approximate surface area is 140 Å². The molecule has 0 aliphatic heterocycles. The van der Waals surface area contributed by atoms with Gasteiger partial charge in [-0.15, -0.1) is 11.3 Å². The van der Waals surface area contributed by atoms with Crippen molar-refractivity contribution in [3.8, 4) is 0 Å². The molecule has 0 radical (unpaired) electrons. The SMILES string of the molecule is NC(CC1(CC(=O)O)CCCCC1)c1cc(Br)c(Br)s1. The van der Waals surface area contributed by atoms with Crippen molar-refractivity contribution < 1.29 is 9.90 Å². The van der Waals surface area contributed by atoms with Crippen LogP contribution in [-0.2, 0) is 4.79 Å². The number of carbonyl (C=O) groups is 1. The first-order chi connectivity index (χ1) is 9.42. The number of aliphatic carboxylic acids is 1. The number of rotatable bonds is 5. The summed E-state index contributed by atoms with van der Waals surface area (Å²) < 4.78 is 2.06. The van der Waals surface area contributed by atoms with Crippen LogP contribution >= 0.6 is 43.2 Å². The van der Waals surface area contributed by atoms with Crippen LogP contribution in [0, 0.1) is 5.41 Å². The Morgan fingerprint density at radius 3 is 2.55 bits per heavy atom. The first kappa shape index (κ1) is 16.5. The molecule has 1 fully saturated rings. The lowest BCUT2D eigenvalue weighted by Crippen LogP contribution is -2.31. The minimum Gasteiger partial charge on any atom is -0.481 e. The van der Waals surface area contributed by atoms with Crippen LogP contribution in [0.5, 0.6) is 0 Å². The molecular weight excluding hydrogens is 406 g/mol. The zero-order valence-electron chi connectivity index (χ0n) is 11.2. The van der Waals surface area contributed by atoms with E-state index in [0.29, 0.717) is 0 Å². The molecule has 0 amide bonds. The highest BCUT2D eigenvalue weighted by Crippen LogP contribution is 2.46. The largest absolute Gasteiger partial charge is 0.481 e. The van der Waals surface area contributed by atoms with Gasteiger partial charge in [0.2, 0.25) is 0 Å². The van der Waals surface area contributed by atoms with E-state index in [0.717, 1.165) is 45.2 Å². The molecule has 1 aliphatic carbocycles. The molecule has 6 heteroatoms. The van der Waals surface area contributed by atoms with E-state index in [1.54, 1.807) is 11.3 Å². The summed E-state index contributed by atoms with van der Waals surface area (Å²) in [5.41, 5.74) is 6.23. The molecule has 0 saturated heterocycles. The van der Waals surface area contributed by atoms with Gasteiger partial charge in [-0.2, -0.15) is 0 Å². The van der Waals surface area contributed by atoms with Gasteiger partial charge in [0.05, 0.1) is 10.2 Å². The van der Waals surface area contributed by atoms with Crippen molar-refractivity contribution in [3.63, 3.8) is 0 Å². The summed E-state index contributed by atoms with van der Waals surface area (Å²) >= 11 is 8.59. The van der Waals surface area contributed by atoms with E-state index in [2.05, 4.69) is 31.9 Å². The Kier molecular flexibility index (Phi) is 5.68. The molecule has 1 saturated carbocycles. The number of nitrogens with two attached hydrogens (primary N) is 1. The van der Waals surface area contributed by atoms with Gasteiger partial charge in [-0.25, -0.2) is 0 Å². The first-order valence-electron chi connectivity index (χ1n) is 6.84. The summed E-state index contributed by atoms with van der Waals surface area (Å²) in [4.78, 5) is 12.3. The molecule has 3 nitrogen and oxygen atoms in total. The van der Waals surface area contributed by atoms with Crippen molar-refractivity contribution in [1.82, 2.24) is 0 Å². The number of carboxylic acid groups (broad SMARTS) is 1. The zero-order valence-corrected chi connectivity index (χ0v) is 15.2. The van der Waals surface area contributed by atoms with Crippen molar-refractivity contribution in [2.45, 2.75) is 51.0 Å². The highest BCUT2D eigenvalue weighted by molar-refractivity contribution is 9.13. The molecule has 0 spiro atoms. The minimum absolute atomic E-state index is 0.0833. The third kappa shape index (κ3) is 4.06. The van der Waals surface area contributed by atoms with Crippen LogP contribution in [0.1, 0.15) is 55.9 Å². The van der Waals surface area contributed by atoms with Gasteiger partial charge < -0.3 is 10.8 Å². The number of halogens is 2. The zero-order chi connectivity index (χ0) is 14.8. The third-order valence-corrected chi connectivity index (χ3v) is 7.51. The summed E-state index contributed by atoms with van der Waals surface area (Å²) in [5, 5.41) is 9.21. The fourth-order valence-electron chi connectivity index (χ4n) is 3.19. The normalized spacial score (nSPS) is 19.8. The molecular formula is C14H19Br2NO2S. The lowest BCUT2D eigenvalue weighted by molar-refractivity contribution is -0.140. The molecule has 1 aromatic heterocycles. The molecule has 20 heavy (non-hydrogen) atoms. The minimum atomic E-state index is -0.701. The average Bonchev–Trinajstić information content (AvgIpc) is 2.69. The lowest BCUT2D eigenvalue weighted by atomic mass is 9.68. The van der Waals surface area contributed by atoms with Gasteiger partial charge in [0, 0.05) is 15.4 Å². The molecule has 112 valence electrons. The van der Waals surface area contributed by atoms with Gasteiger partial charge >= 0.3 is 5.97 Å². The second kappa shape index (κ2) is 6.90.